The molecule has 1 unspecified atom stereocenters. The first-order chi connectivity index (χ1) is 15.9. The number of esters is 1. The fourth-order valence-corrected chi connectivity index (χ4v) is 5.75. The molecule has 3 aromatic heterocycles. The fraction of sp³-hybridized carbons (Fsp3) is 0.476. The van der Waals surface area contributed by atoms with E-state index >= 15 is 0 Å². The number of aromatic nitrogens is 4. The van der Waals surface area contributed by atoms with Gasteiger partial charge in [0.2, 0.25) is 5.91 Å². The van der Waals surface area contributed by atoms with E-state index in [1.54, 1.807) is 25.2 Å². The number of thiophene rings is 1. The van der Waals surface area contributed by atoms with Crippen LogP contribution in [0, 0.1) is 13.8 Å². The summed E-state index contributed by atoms with van der Waals surface area (Å²) in [6, 6.07) is 2.09. The molecule has 1 atom stereocenters. The Morgan fingerprint density at radius 1 is 1.36 bits per heavy atom. The van der Waals surface area contributed by atoms with Crippen molar-refractivity contribution in [3.8, 4) is 11.4 Å². The van der Waals surface area contributed by atoms with Gasteiger partial charge in [-0.3, -0.25) is 9.36 Å². The first kappa shape index (κ1) is 23.9. The van der Waals surface area contributed by atoms with Crippen LogP contribution in [0.4, 0.5) is 5.13 Å². The summed E-state index contributed by atoms with van der Waals surface area (Å²) >= 11 is 4.09. The minimum absolute atomic E-state index is 0.118. The first-order valence-corrected chi connectivity index (χ1v) is 13.3. The summed E-state index contributed by atoms with van der Waals surface area (Å²) in [6.07, 6.45) is 2.16. The van der Waals surface area contributed by atoms with Crippen molar-refractivity contribution in [2.45, 2.75) is 51.4 Å². The number of carbonyl (C=O) groups is 2. The molecule has 176 valence electrons. The lowest BCUT2D eigenvalue weighted by molar-refractivity contribution is -0.113. The molecule has 1 aliphatic heterocycles. The summed E-state index contributed by atoms with van der Waals surface area (Å²) in [5.74, 6) is 0.261. The number of hydrogen-bond acceptors (Lipinski definition) is 10. The third-order valence-corrected chi connectivity index (χ3v) is 7.83. The van der Waals surface area contributed by atoms with Crippen LogP contribution in [0.2, 0.25) is 0 Å². The van der Waals surface area contributed by atoms with Crippen molar-refractivity contribution in [3.63, 3.8) is 0 Å². The topological polar surface area (TPSA) is 108 Å². The van der Waals surface area contributed by atoms with Crippen molar-refractivity contribution in [2.75, 3.05) is 24.3 Å². The predicted octanol–water partition coefficient (Wildman–Crippen LogP) is 4.17. The van der Waals surface area contributed by atoms with E-state index in [4.69, 9.17) is 9.47 Å². The van der Waals surface area contributed by atoms with Gasteiger partial charge in [0.1, 0.15) is 4.88 Å². The molecule has 33 heavy (non-hydrogen) atoms. The van der Waals surface area contributed by atoms with E-state index in [1.807, 2.05) is 4.57 Å². The van der Waals surface area contributed by atoms with Crippen LogP contribution in [0.1, 0.15) is 40.0 Å². The van der Waals surface area contributed by atoms with Crippen LogP contribution in [-0.4, -0.2) is 56.7 Å². The van der Waals surface area contributed by atoms with E-state index in [0.717, 1.165) is 42.2 Å². The Morgan fingerprint density at radius 3 is 2.91 bits per heavy atom. The molecule has 1 fully saturated rings. The molecule has 0 aromatic carbocycles. The van der Waals surface area contributed by atoms with E-state index < -0.39 is 5.97 Å². The van der Waals surface area contributed by atoms with E-state index in [0.29, 0.717) is 27.4 Å². The highest BCUT2D eigenvalue weighted by atomic mass is 32.2. The molecule has 0 saturated carbocycles. The molecule has 1 amide bonds. The highest BCUT2D eigenvalue weighted by molar-refractivity contribution is 7.99. The molecule has 0 spiro atoms. The van der Waals surface area contributed by atoms with Crippen LogP contribution in [0.3, 0.4) is 0 Å². The molecule has 1 N–H and O–H groups in total. The average molecular weight is 508 g/mol. The van der Waals surface area contributed by atoms with Gasteiger partial charge in [-0.15, -0.1) is 21.5 Å². The number of carbonyl (C=O) groups excluding carboxylic acids is 2. The van der Waals surface area contributed by atoms with Crippen LogP contribution >= 0.6 is 34.4 Å². The summed E-state index contributed by atoms with van der Waals surface area (Å²) in [5.41, 5.74) is 1.55. The summed E-state index contributed by atoms with van der Waals surface area (Å²) in [7, 11) is 0. The number of hydrogen-bond donors (Lipinski definition) is 1. The van der Waals surface area contributed by atoms with Gasteiger partial charge in [-0.05, 0) is 39.7 Å². The smallest absolute Gasteiger partial charge is 0.350 e. The lowest BCUT2D eigenvalue weighted by Gasteiger charge is -2.14. The van der Waals surface area contributed by atoms with E-state index in [-0.39, 0.29) is 24.4 Å². The second-order valence-electron chi connectivity index (χ2n) is 7.49. The number of thioether (sulfide) groups is 1. The number of aryl methyl sites for hydroxylation is 2. The van der Waals surface area contributed by atoms with E-state index in [2.05, 4.69) is 38.9 Å². The molecular formula is C21H25N5O4S3. The Balaban J connectivity index is 1.44. The van der Waals surface area contributed by atoms with Crippen LogP contribution in [0.15, 0.2) is 16.6 Å². The number of anilines is 1. The fourth-order valence-electron chi connectivity index (χ4n) is 3.45. The molecule has 0 radical (unpaired) electrons. The number of rotatable bonds is 9. The first-order valence-electron chi connectivity index (χ1n) is 10.6. The number of nitrogens with one attached hydrogen (secondary N) is 1. The molecule has 0 aliphatic carbocycles. The van der Waals surface area contributed by atoms with E-state index in [1.165, 1.54) is 16.6 Å². The van der Waals surface area contributed by atoms with Crippen molar-refractivity contribution >= 4 is 51.4 Å². The van der Waals surface area contributed by atoms with Gasteiger partial charge in [-0.25, -0.2) is 9.78 Å². The molecule has 1 aliphatic rings. The van der Waals surface area contributed by atoms with Gasteiger partial charge in [0.15, 0.2) is 16.1 Å². The molecule has 4 heterocycles. The number of amides is 1. The van der Waals surface area contributed by atoms with Crippen LogP contribution in [0.5, 0.6) is 0 Å². The SMILES string of the molecule is CCOC(=O)c1sc(NC(=O)CSc2nnc(-c3csc(C)c3)n2CC2CCCO2)nc1C. The third-order valence-electron chi connectivity index (χ3n) is 4.95. The zero-order valence-electron chi connectivity index (χ0n) is 18.6. The van der Waals surface area contributed by atoms with Gasteiger partial charge in [0, 0.05) is 22.4 Å². The maximum absolute atomic E-state index is 12.6. The van der Waals surface area contributed by atoms with Gasteiger partial charge >= 0.3 is 5.97 Å². The maximum Gasteiger partial charge on any atom is 0.350 e. The summed E-state index contributed by atoms with van der Waals surface area (Å²) in [6.45, 7) is 7.23. The van der Waals surface area contributed by atoms with Gasteiger partial charge in [0.25, 0.3) is 0 Å². The zero-order chi connectivity index (χ0) is 23.4. The maximum atomic E-state index is 12.6. The molecule has 0 bridgehead atoms. The van der Waals surface area contributed by atoms with Crippen molar-refractivity contribution in [1.29, 1.82) is 0 Å². The van der Waals surface area contributed by atoms with Gasteiger partial charge in [-0.1, -0.05) is 23.1 Å². The minimum atomic E-state index is -0.430. The summed E-state index contributed by atoms with van der Waals surface area (Å²) < 4.78 is 12.9. The minimum Gasteiger partial charge on any atom is -0.462 e. The third kappa shape index (κ3) is 5.81. The number of ether oxygens (including phenoxy) is 2. The standard InChI is InChI=1S/C21H25N5O4S3/c1-4-29-19(28)17-13(3)22-20(33-17)23-16(27)11-32-21-25-24-18(14-8-12(2)31-10-14)26(21)9-15-6-5-7-30-15/h8,10,15H,4-7,9,11H2,1-3H3,(H,22,23,27). The quantitative estimate of drug-likeness (QED) is 0.340. The van der Waals surface area contributed by atoms with Crippen LogP contribution < -0.4 is 5.32 Å². The molecule has 12 heteroatoms. The Kier molecular flexibility index (Phi) is 7.78. The number of thiazole rings is 1. The Hall–Kier alpha value is -2.28. The van der Waals surface area contributed by atoms with Gasteiger partial charge in [0.05, 0.1) is 30.7 Å². The summed E-state index contributed by atoms with van der Waals surface area (Å²) in [5, 5.41) is 14.6. The van der Waals surface area contributed by atoms with E-state index in [9.17, 15) is 9.59 Å². The van der Waals surface area contributed by atoms with Crippen molar-refractivity contribution in [2.24, 2.45) is 0 Å². The van der Waals surface area contributed by atoms with Crippen LogP contribution in [0.25, 0.3) is 11.4 Å². The molecule has 4 rings (SSSR count). The van der Waals surface area contributed by atoms with Crippen LogP contribution in [-0.2, 0) is 20.8 Å². The zero-order valence-corrected chi connectivity index (χ0v) is 21.1. The van der Waals surface area contributed by atoms with Crippen molar-refractivity contribution in [1.82, 2.24) is 19.7 Å². The Morgan fingerprint density at radius 2 is 2.21 bits per heavy atom. The number of nitrogens with zero attached hydrogens (tertiary/aromatic N) is 4. The monoisotopic (exact) mass is 507 g/mol. The molecule has 3 aromatic rings. The predicted molar refractivity (Wildman–Crippen MR) is 129 cm³/mol. The van der Waals surface area contributed by atoms with Crippen molar-refractivity contribution < 1.29 is 19.1 Å². The Bertz CT molecular complexity index is 1130. The van der Waals surface area contributed by atoms with Crippen molar-refractivity contribution in [3.05, 3.63) is 26.9 Å². The highest BCUT2D eigenvalue weighted by Crippen LogP contribution is 2.29. The second-order valence-corrected chi connectivity index (χ2v) is 10.5. The van der Waals surface area contributed by atoms with Gasteiger partial charge < -0.3 is 14.8 Å². The normalized spacial score (nSPS) is 15.7. The lowest BCUT2D eigenvalue weighted by atomic mass is 10.2. The molecule has 1 saturated heterocycles. The largest absolute Gasteiger partial charge is 0.462 e. The Labute approximate surface area is 203 Å². The lowest BCUT2D eigenvalue weighted by Crippen LogP contribution is -2.18. The molecule has 9 nitrogen and oxygen atoms in total. The van der Waals surface area contributed by atoms with Gasteiger partial charge in [-0.2, -0.15) is 0 Å². The average Bonchev–Trinajstić information content (AvgIpc) is 3.56. The molecular weight excluding hydrogens is 482 g/mol. The second kappa shape index (κ2) is 10.8. The summed E-state index contributed by atoms with van der Waals surface area (Å²) in [4.78, 5) is 30.4. The highest BCUT2D eigenvalue weighted by Gasteiger charge is 2.23.